The predicted molar refractivity (Wildman–Crippen MR) is 227 cm³/mol. The van der Waals surface area contributed by atoms with Gasteiger partial charge in [-0.1, -0.05) is 180 Å². The van der Waals surface area contributed by atoms with Crippen molar-refractivity contribution in [2.45, 2.75) is 0 Å². The summed E-state index contributed by atoms with van der Waals surface area (Å²) in [6.07, 6.45) is 0. The fraction of sp³-hybridized carbons (Fsp3) is 0. The molecule has 0 radical (unpaired) electrons. The van der Waals surface area contributed by atoms with Crippen molar-refractivity contribution in [2.75, 3.05) is 0 Å². The lowest BCUT2D eigenvalue weighted by Crippen LogP contribution is -2.29. The maximum Gasteiger partial charge on any atom is 0.488 e. The molecule has 0 amide bonds. The van der Waals surface area contributed by atoms with Crippen molar-refractivity contribution in [1.82, 2.24) is 9.97 Å². The number of rotatable bonds is 6. The Morgan fingerprint density at radius 2 is 0.630 bits per heavy atom. The van der Waals surface area contributed by atoms with E-state index in [0.29, 0.717) is 15.5 Å². The summed E-state index contributed by atoms with van der Waals surface area (Å²) in [5, 5.41) is 19.3. The van der Waals surface area contributed by atoms with Crippen LogP contribution in [0.5, 0.6) is 0 Å². The first kappa shape index (κ1) is 38.2. The summed E-state index contributed by atoms with van der Waals surface area (Å²) < 4.78 is 0. The van der Waals surface area contributed by atoms with Crippen molar-refractivity contribution >= 4 is 47.4 Å². The van der Waals surface area contributed by atoms with Crippen LogP contribution in [0.4, 0.5) is 0 Å². The van der Waals surface area contributed by atoms with Crippen LogP contribution in [0.3, 0.4) is 0 Å². The van der Waals surface area contributed by atoms with Gasteiger partial charge in [0.1, 0.15) is 0 Å². The number of hydrogen-bond acceptors (Lipinski definition) is 4. The molecule has 0 aliphatic rings. The predicted octanol–water partition coefficient (Wildman–Crippen LogP) is 11.8. The molecule has 0 aliphatic carbocycles. The minimum atomic E-state index is -1.41. The van der Waals surface area contributed by atoms with Gasteiger partial charge < -0.3 is 10.0 Å². The van der Waals surface area contributed by atoms with Gasteiger partial charge in [0.2, 0.25) is 0 Å². The van der Waals surface area contributed by atoms with Gasteiger partial charge in [0.15, 0.2) is 0 Å². The van der Waals surface area contributed by atoms with Gasteiger partial charge in [0, 0.05) is 37.3 Å². The maximum absolute atomic E-state index is 8.63. The Hall–Kier alpha value is -5.53. The van der Waals surface area contributed by atoms with E-state index in [1.807, 2.05) is 133 Å². The largest absolute Gasteiger partial charge is 0.488 e. The fourth-order valence-electron chi connectivity index (χ4n) is 5.50. The van der Waals surface area contributed by atoms with Gasteiger partial charge >= 0.3 is 7.12 Å². The van der Waals surface area contributed by atoms with E-state index < -0.39 is 7.12 Å². The van der Waals surface area contributed by atoms with Crippen LogP contribution in [0.15, 0.2) is 194 Å². The Balaban J connectivity index is 0.000000151. The Bertz CT molecular complexity index is 2250. The van der Waals surface area contributed by atoms with Crippen LogP contribution < -0.4 is 5.46 Å². The zero-order valence-corrected chi connectivity index (χ0v) is 31.2. The third-order valence-corrected chi connectivity index (χ3v) is 8.96. The number of aromatic nitrogens is 2. The van der Waals surface area contributed by atoms with Crippen LogP contribution in [-0.4, -0.2) is 27.1 Å². The van der Waals surface area contributed by atoms with E-state index in [-0.39, 0.29) is 0 Å². The smallest absolute Gasteiger partial charge is 0.423 e. The van der Waals surface area contributed by atoms with Gasteiger partial charge in [-0.25, -0.2) is 9.97 Å². The van der Waals surface area contributed by atoms with Crippen molar-refractivity contribution in [3.05, 3.63) is 209 Å². The lowest BCUT2D eigenvalue weighted by molar-refractivity contribution is 0.426. The summed E-state index contributed by atoms with van der Waals surface area (Å²) in [5.41, 5.74) is 10.8. The normalized spacial score (nSPS) is 10.3. The van der Waals surface area contributed by atoms with Gasteiger partial charge in [-0.15, -0.1) is 0 Å². The molecule has 6 aromatic carbocycles. The molecular weight excluding hydrogens is 730 g/mol. The molecule has 0 saturated heterocycles. The van der Waals surface area contributed by atoms with Crippen molar-refractivity contribution < 1.29 is 10.0 Å². The first-order valence-electron chi connectivity index (χ1n) is 17.1. The highest BCUT2D eigenvalue weighted by Gasteiger charge is 2.10. The van der Waals surface area contributed by atoms with Crippen LogP contribution in [0.1, 0.15) is 0 Å². The lowest BCUT2D eigenvalue weighted by Gasteiger charge is -2.10. The van der Waals surface area contributed by atoms with Crippen LogP contribution >= 0.6 is 34.8 Å². The molecule has 0 saturated carbocycles. The molecule has 0 aliphatic heterocycles. The van der Waals surface area contributed by atoms with E-state index in [2.05, 4.69) is 41.4 Å². The number of halogens is 3. The third-order valence-electron chi connectivity index (χ3n) is 8.24. The topological polar surface area (TPSA) is 66.2 Å². The van der Waals surface area contributed by atoms with Gasteiger partial charge in [0.25, 0.3) is 0 Å². The highest BCUT2D eigenvalue weighted by Crippen LogP contribution is 2.31. The fourth-order valence-corrected chi connectivity index (χ4v) is 5.96. The van der Waals surface area contributed by atoms with Crippen LogP contribution in [0.2, 0.25) is 15.1 Å². The average Bonchev–Trinajstić information content (AvgIpc) is 3.23. The summed E-state index contributed by atoms with van der Waals surface area (Å²) in [5.74, 6) is 0. The van der Waals surface area contributed by atoms with E-state index in [1.165, 1.54) is 0 Å². The summed E-state index contributed by atoms with van der Waals surface area (Å²) in [6, 6.07) is 63.0. The molecule has 8 rings (SSSR count). The molecule has 2 N–H and O–H groups in total. The second-order valence-corrected chi connectivity index (χ2v) is 13.4. The molecule has 0 unspecified atom stereocenters. The Kier molecular flexibility index (Phi) is 13.4. The molecule has 0 spiro atoms. The maximum atomic E-state index is 8.63. The monoisotopic (exact) mass is 762 g/mol. The second kappa shape index (κ2) is 19.0. The van der Waals surface area contributed by atoms with Crippen molar-refractivity contribution in [1.29, 1.82) is 0 Å². The molecular formula is C46H34BCl3N2O2. The highest BCUT2D eigenvalue weighted by atomic mass is 35.5. The summed E-state index contributed by atoms with van der Waals surface area (Å²) in [7, 11) is -1.41. The molecule has 54 heavy (non-hydrogen) atoms. The Morgan fingerprint density at radius 1 is 0.315 bits per heavy atom. The van der Waals surface area contributed by atoms with Crippen molar-refractivity contribution in [3.63, 3.8) is 0 Å². The van der Waals surface area contributed by atoms with E-state index >= 15 is 0 Å². The first-order chi connectivity index (χ1) is 26.3. The number of hydrogen-bond donors (Lipinski definition) is 2. The number of nitrogens with zero attached hydrogens (tertiary/aromatic N) is 2. The van der Waals surface area contributed by atoms with Gasteiger partial charge in [-0.05, 0) is 65.1 Å². The van der Waals surface area contributed by atoms with Crippen molar-refractivity contribution in [2.24, 2.45) is 0 Å². The molecule has 264 valence electrons. The quantitative estimate of drug-likeness (QED) is 0.166. The molecule has 0 fully saturated rings. The zero-order chi connectivity index (χ0) is 37.7. The standard InChI is InChI=1S/C23H16ClN.C17H12ClN.C6H6BClO2/c24-21-13-11-17(12-14-21)20-15-22(18-7-3-1-4-8-18)25-23(16-20)19-9-5-2-6-10-19;18-15-11-16(13-7-3-1-4-8-13)19-17(12-15)14-9-5-2-6-10-14;8-6-3-1-5(2-4-6)7(9)10/h1-16H;1-12H;1-4,9-10H. The van der Waals surface area contributed by atoms with Gasteiger partial charge in [0.05, 0.1) is 22.8 Å². The molecule has 0 bridgehead atoms. The number of pyridine rings is 2. The average molecular weight is 764 g/mol. The highest BCUT2D eigenvalue weighted by molar-refractivity contribution is 6.58. The zero-order valence-electron chi connectivity index (χ0n) is 29.0. The summed E-state index contributed by atoms with van der Waals surface area (Å²) in [4.78, 5) is 9.58. The van der Waals surface area contributed by atoms with E-state index in [9.17, 15) is 0 Å². The van der Waals surface area contributed by atoms with E-state index in [4.69, 9.17) is 49.8 Å². The minimum Gasteiger partial charge on any atom is -0.423 e. The Labute approximate surface area is 331 Å². The van der Waals surface area contributed by atoms with Gasteiger partial charge in [-0.3, -0.25) is 0 Å². The SMILES string of the molecule is Clc1cc(-c2ccccc2)nc(-c2ccccc2)c1.Clc1ccc(-c2cc(-c3ccccc3)nc(-c3ccccc3)c2)cc1.OB(O)c1ccc(Cl)cc1. The minimum absolute atomic E-state index is 0.449. The molecule has 8 aromatic rings. The first-order valence-corrected chi connectivity index (χ1v) is 18.2. The van der Waals surface area contributed by atoms with Crippen LogP contribution in [0, 0.1) is 0 Å². The lowest BCUT2D eigenvalue weighted by atomic mass is 9.81. The summed E-state index contributed by atoms with van der Waals surface area (Å²) >= 11 is 17.8. The van der Waals surface area contributed by atoms with E-state index in [0.717, 1.165) is 61.2 Å². The van der Waals surface area contributed by atoms with Gasteiger partial charge in [-0.2, -0.15) is 0 Å². The molecule has 8 heteroatoms. The third kappa shape index (κ3) is 10.8. The molecule has 4 nitrogen and oxygen atoms in total. The number of benzene rings is 6. The van der Waals surface area contributed by atoms with Crippen molar-refractivity contribution in [3.8, 4) is 56.2 Å². The molecule has 2 aromatic heterocycles. The molecule has 2 heterocycles. The van der Waals surface area contributed by atoms with E-state index in [1.54, 1.807) is 24.3 Å². The summed E-state index contributed by atoms with van der Waals surface area (Å²) in [6.45, 7) is 0. The van der Waals surface area contributed by atoms with Crippen LogP contribution in [-0.2, 0) is 0 Å². The Morgan fingerprint density at radius 3 is 0.963 bits per heavy atom. The second-order valence-electron chi connectivity index (χ2n) is 12.1. The molecule has 0 atom stereocenters. The van der Waals surface area contributed by atoms with Crippen LogP contribution in [0.25, 0.3) is 56.2 Å².